The molecule has 6 heteroatoms. The zero-order chi connectivity index (χ0) is 14.4. The van der Waals surface area contributed by atoms with Crippen LogP contribution < -0.4 is 0 Å². The molecule has 2 fully saturated rings. The van der Waals surface area contributed by atoms with E-state index in [1.54, 1.807) is 24.0 Å². The van der Waals surface area contributed by atoms with Gasteiger partial charge in [-0.3, -0.25) is 20.1 Å². The summed E-state index contributed by atoms with van der Waals surface area (Å²) in [5, 5.41) is 8.87. The number of rotatable bonds is 1. The second kappa shape index (κ2) is 4.73. The highest BCUT2D eigenvalue weighted by atomic mass is 32.2. The topological polar surface area (TPSA) is 66.3 Å². The van der Waals surface area contributed by atoms with Crippen molar-refractivity contribution < 1.29 is 9.53 Å². The molecule has 2 aliphatic heterocycles. The van der Waals surface area contributed by atoms with Crippen molar-refractivity contribution in [2.45, 2.75) is 12.1 Å². The first-order valence-electron chi connectivity index (χ1n) is 6.76. The first-order chi connectivity index (χ1) is 10.3. The van der Waals surface area contributed by atoms with E-state index in [0.29, 0.717) is 11.1 Å². The monoisotopic (exact) mass is 299 g/mol. The maximum Gasteiger partial charge on any atom is 0.292 e. The second-order valence-corrected chi connectivity index (χ2v) is 6.20. The van der Waals surface area contributed by atoms with Gasteiger partial charge in [0.2, 0.25) is 0 Å². The lowest BCUT2D eigenvalue weighted by Gasteiger charge is -2.19. The Morgan fingerprint density at radius 3 is 3.10 bits per heavy atom. The van der Waals surface area contributed by atoms with Crippen LogP contribution in [-0.4, -0.2) is 45.5 Å². The Morgan fingerprint density at radius 2 is 2.19 bits per heavy atom. The van der Waals surface area contributed by atoms with E-state index in [4.69, 9.17) is 10.1 Å². The Balaban J connectivity index is 1.78. The van der Waals surface area contributed by atoms with Gasteiger partial charge in [-0.1, -0.05) is 18.2 Å². The highest BCUT2D eigenvalue weighted by Crippen LogP contribution is 2.33. The van der Waals surface area contributed by atoms with Crippen molar-refractivity contribution in [3.63, 3.8) is 0 Å². The van der Waals surface area contributed by atoms with Crippen LogP contribution in [0.1, 0.15) is 10.4 Å². The van der Waals surface area contributed by atoms with Crippen molar-refractivity contribution >= 4 is 34.6 Å². The lowest BCUT2D eigenvalue weighted by molar-refractivity contribution is 0.0825. The van der Waals surface area contributed by atoms with E-state index >= 15 is 0 Å². The number of amidine groups is 1. The van der Waals surface area contributed by atoms with Crippen molar-refractivity contribution in [3.05, 3.63) is 42.1 Å². The molecule has 0 spiro atoms. The molecule has 21 heavy (non-hydrogen) atoms. The van der Waals surface area contributed by atoms with E-state index in [9.17, 15) is 4.79 Å². The van der Waals surface area contributed by atoms with Crippen LogP contribution >= 0.6 is 11.8 Å². The highest BCUT2D eigenvalue weighted by Gasteiger charge is 2.46. The molecule has 2 saturated heterocycles. The molecular formula is C15H13N3O2S. The van der Waals surface area contributed by atoms with Crippen molar-refractivity contribution in [1.29, 1.82) is 5.41 Å². The smallest absolute Gasteiger partial charge is 0.292 e. The predicted molar refractivity (Wildman–Crippen MR) is 81.6 cm³/mol. The first kappa shape index (κ1) is 12.6. The maximum absolute atomic E-state index is 12.9. The van der Waals surface area contributed by atoms with Gasteiger partial charge in [-0.15, -0.1) is 0 Å². The molecular weight excluding hydrogens is 286 g/mol. The number of nitrogens with zero attached hydrogens (tertiary/aromatic N) is 2. The van der Waals surface area contributed by atoms with Crippen LogP contribution in [-0.2, 0) is 4.74 Å². The summed E-state index contributed by atoms with van der Waals surface area (Å²) in [5.74, 6) is 1.46. The number of para-hydroxylation sites is 1. The van der Waals surface area contributed by atoms with E-state index in [1.165, 1.54) is 4.90 Å². The molecule has 3 heterocycles. The van der Waals surface area contributed by atoms with Gasteiger partial charge < -0.3 is 4.74 Å². The molecule has 2 aromatic rings. The minimum atomic E-state index is -0.195. The molecule has 0 saturated carbocycles. The number of amides is 1. The third kappa shape index (κ3) is 1.90. The standard InChI is InChI=1S/C15H13N3O2S/c16-15-18(11-7-21-8-12(11)20-15)14(19)10-5-1-3-9-4-2-6-17-13(9)10/h1-6,11-12,16H,7-8H2. The van der Waals surface area contributed by atoms with Crippen molar-refractivity contribution in [1.82, 2.24) is 9.88 Å². The molecule has 0 bridgehead atoms. The van der Waals surface area contributed by atoms with Crippen molar-refractivity contribution in [2.24, 2.45) is 0 Å². The molecule has 2 aliphatic rings. The van der Waals surface area contributed by atoms with Crippen LogP contribution in [0.5, 0.6) is 0 Å². The maximum atomic E-state index is 12.9. The van der Waals surface area contributed by atoms with Crippen molar-refractivity contribution in [3.8, 4) is 0 Å². The van der Waals surface area contributed by atoms with Gasteiger partial charge in [-0.25, -0.2) is 0 Å². The Kier molecular flexibility index (Phi) is 2.85. The SMILES string of the molecule is N=C1OC2CSCC2N1C(=O)c1cccc2cccnc12. The van der Waals surface area contributed by atoms with E-state index in [1.807, 2.05) is 24.3 Å². The number of benzene rings is 1. The van der Waals surface area contributed by atoms with Gasteiger partial charge in [0, 0.05) is 23.1 Å². The number of fused-ring (bicyclic) bond motifs is 2. The largest absolute Gasteiger partial charge is 0.459 e. The van der Waals surface area contributed by atoms with Gasteiger partial charge in [0.05, 0.1) is 17.1 Å². The predicted octanol–water partition coefficient (Wildman–Crippen LogP) is 2.13. The van der Waals surface area contributed by atoms with Crippen molar-refractivity contribution in [2.75, 3.05) is 11.5 Å². The molecule has 1 amide bonds. The molecule has 5 nitrogen and oxygen atoms in total. The summed E-state index contributed by atoms with van der Waals surface area (Å²) in [6.45, 7) is 0. The summed E-state index contributed by atoms with van der Waals surface area (Å²) in [7, 11) is 0. The van der Waals surface area contributed by atoms with Crippen LogP contribution in [0.25, 0.3) is 10.9 Å². The van der Waals surface area contributed by atoms with Crippen LogP contribution in [0.3, 0.4) is 0 Å². The minimum absolute atomic E-state index is 0.0334. The lowest BCUT2D eigenvalue weighted by atomic mass is 10.1. The molecule has 106 valence electrons. The number of hydrogen-bond acceptors (Lipinski definition) is 5. The zero-order valence-corrected chi connectivity index (χ0v) is 12.0. The average Bonchev–Trinajstić information content (AvgIpc) is 3.06. The number of carbonyl (C=O) groups excluding carboxylic acids is 1. The molecule has 1 aromatic heterocycles. The van der Waals surface area contributed by atoms with Gasteiger partial charge >= 0.3 is 0 Å². The van der Waals surface area contributed by atoms with Gasteiger partial charge in [-0.2, -0.15) is 11.8 Å². The molecule has 1 N–H and O–H groups in total. The first-order valence-corrected chi connectivity index (χ1v) is 7.91. The highest BCUT2D eigenvalue weighted by molar-refractivity contribution is 7.99. The van der Waals surface area contributed by atoms with E-state index in [0.717, 1.165) is 16.9 Å². The summed E-state index contributed by atoms with van der Waals surface area (Å²) in [6.07, 6.45) is 1.63. The molecule has 4 rings (SSSR count). The summed E-state index contributed by atoms with van der Waals surface area (Å²) in [4.78, 5) is 18.7. The summed E-state index contributed by atoms with van der Waals surface area (Å²) in [6, 6.07) is 9.25. The summed E-state index contributed by atoms with van der Waals surface area (Å²) >= 11 is 1.76. The molecule has 0 radical (unpaired) electrons. The number of aromatic nitrogens is 1. The number of thioether (sulfide) groups is 1. The number of nitrogens with one attached hydrogen (secondary N) is 1. The fourth-order valence-electron chi connectivity index (χ4n) is 2.88. The summed E-state index contributed by atoms with van der Waals surface area (Å²) in [5.41, 5.74) is 1.20. The van der Waals surface area contributed by atoms with Gasteiger partial charge in [0.15, 0.2) is 0 Å². The molecule has 1 aromatic carbocycles. The third-order valence-corrected chi connectivity index (χ3v) is 5.04. The van der Waals surface area contributed by atoms with Crippen LogP contribution in [0.2, 0.25) is 0 Å². The molecule has 2 atom stereocenters. The Hall–Kier alpha value is -2.08. The van der Waals surface area contributed by atoms with Crippen LogP contribution in [0, 0.1) is 5.41 Å². The van der Waals surface area contributed by atoms with Crippen LogP contribution in [0.4, 0.5) is 0 Å². The molecule has 0 aliphatic carbocycles. The van der Waals surface area contributed by atoms with Gasteiger partial charge in [0.1, 0.15) is 6.10 Å². The number of pyridine rings is 1. The number of carbonyl (C=O) groups is 1. The van der Waals surface area contributed by atoms with E-state index in [-0.39, 0.29) is 24.1 Å². The Bertz CT molecular complexity index is 743. The van der Waals surface area contributed by atoms with E-state index in [2.05, 4.69) is 4.98 Å². The normalized spacial score (nSPS) is 24.2. The summed E-state index contributed by atoms with van der Waals surface area (Å²) < 4.78 is 5.50. The second-order valence-electron chi connectivity index (χ2n) is 5.12. The lowest BCUT2D eigenvalue weighted by Crippen LogP contribution is -2.41. The number of ether oxygens (including phenoxy) is 1. The fourth-order valence-corrected chi connectivity index (χ4v) is 4.14. The minimum Gasteiger partial charge on any atom is -0.459 e. The Morgan fingerprint density at radius 1 is 1.33 bits per heavy atom. The average molecular weight is 299 g/mol. The zero-order valence-electron chi connectivity index (χ0n) is 11.2. The van der Waals surface area contributed by atoms with Crippen LogP contribution in [0.15, 0.2) is 36.5 Å². The Labute approximate surface area is 125 Å². The van der Waals surface area contributed by atoms with E-state index < -0.39 is 0 Å². The number of hydrogen-bond donors (Lipinski definition) is 1. The quantitative estimate of drug-likeness (QED) is 0.876. The fraction of sp³-hybridized carbons (Fsp3) is 0.267. The third-order valence-electron chi connectivity index (χ3n) is 3.90. The van der Waals surface area contributed by atoms with Gasteiger partial charge in [0.25, 0.3) is 11.9 Å². The van der Waals surface area contributed by atoms with Gasteiger partial charge in [-0.05, 0) is 12.1 Å². The molecule has 2 unspecified atom stereocenters.